The van der Waals surface area contributed by atoms with E-state index in [0.29, 0.717) is 0 Å². The Balaban J connectivity index is 2.28. The zero-order chi connectivity index (χ0) is 9.10. The first-order chi connectivity index (χ1) is 6.40. The number of hydrogen-bond acceptors (Lipinski definition) is 2. The van der Waals surface area contributed by atoms with Gasteiger partial charge in [0.2, 0.25) is 0 Å². The van der Waals surface area contributed by atoms with E-state index in [9.17, 15) is 0 Å². The molecule has 3 heteroatoms. The van der Waals surface area contributed by atoms with Gasteiger partial charge in [-0.05, 0) is 12.5 Å². The minimum Gasteiger partial charge on any atom is -0.396 e. The van der Waals surface area contributed by atoms with Crippen LogP contribution in [-0.2, 0) is 6.54 Å². The minimum absolute atomic E-state index is 0.218. The van der Waals surface area contributed by atoms with Crippen molar-refractivity contribution in [3.05, 3.63) is 30.5 Å². The molecule has 68 valence electrons. The van der Waals surface area contributed by atoms with Crippen LogP contribution in [0.3, 0.4) is 0 Å². The highest BCUT2D eigenvalue weighted by Gasteiger charge is 1.97. The number of aryl methyl sites for hydroxylation is 1. The fraction of sp³-hybridized carbons (Fsp3) is 0.300. The second-order valence-electron chi connectivity index (χ2n) is 3.03. The minimum atomic E-state index is 0.218. The van der Waals surface area contributed by atoms with E-state index in [1.54, 1.807) is 0 Å². The van der Waals surface area contributed by atoms with E-state index in [2.05, 4.69) is 5.10 Å². The maximum Gasteiger partial charge on any atom is 0.0923 e. The van der Waals surface area contributed by atoms with Crippen molar-refractivity contribution in [2.45, 2.75) is 13.0 Å². The fourth-order valence-electron chi connectivity index (χ4n) is 1.36. The number of fused-ring (bicyclic) bond motifs is 1. The Morgan fingerprint density at radius 3 is 2.92 bits per heavy atom. The molecule has 0 atom stereocenters. The molecule has 0 bridgehead atoms. The molecule has 1 heterocycles. The monoisotopic (exact) mass is 176 g/mol. The second-order valence-corrected chi connectivity index (χ2v) is 3.03. The lowest BCUT2D eigenvalue weighted by atomic mass is 10.3. The Morgan fingerprint density at radius 1 is 1.31 bits per heavy atom. The zero-order valence-corrected chi connectivity index (χ0v) is 7.35. The molecular formula is C10H12N2O. The van der Waals surface area contributed by atoms with Gasteiger partial charge in [-0.3, -0.25) is 4.68 Å². The van der Waals surface area contributed by atoms with Crippen LogP contribution < -0.4 is 0 Å². The maximum absolute atomic E-state index is 8.66. The van der Waals surface area contributed by atoms with Gasteiger partial charge in [-0.1, -0.05) is 18.2 Å². The van der Waals surface area contributed by atoms with Gasteiger partial charge in [0.15, 0.2) is 0 Å². The molecule has 0 saturated carbocycles. The van der Waals surface area contributed by atoms with Crippen LogP contribution in [0.25, 0.3) is 10.9 Å². The van der Waals surface area contributed by atoms with Crippen LogP contribution in [0.4, 0.5) is 0 Å². The average Bonchev–Trinajstić information content (AvgIpc) is 2.57. The molecule has 1 aromatic heterocycles. The number of rotatable bonds is 3. The molecule has 0 aliphatic carbocycles. The SMILES string of the molecule is OCCCn1cc2ccccc2n1. The predicted octanol–water partition coefficient (Wildman–Crippen LogP) is 1.42. The van der Waals surface area contributed by atoms with E-state index in [1.807, 2.05) is 35.1 Å². The smallest absolute Gasteiger partial charge is 0.0923 e. The van der Waals surface area contributed by atoms with Crippen molar-refractivity contribution in [2.75, 3.05) is 6.61 Å². The molecule has 2 rings (SSSR count). The molecular weight excluding hydrogens is 164 g/mol. The van der Waals surface area contributed by atoms with Crippen LogP contribution in [0.1, 0.15) is 6.42 Å². The number of aliphatic hydroxyl groups excluding tert-OH is 1. The van der Waals surface area contributed by atoms with Crippen LogP contribution >= 0.6 is 0 Å². The average molecular weight is 176 g/mol. The number of nitrogens with zero attached hydrogens (tertiary/aromatic N) is 2. The van der Waals surface area contributed by atoms with E-state index in [1.165, 1.54) is 0 Å². The summed E-state index contributed by atoms with van der Waals surface area (Å²) in [5.74, 6) is 0. The number of benzene rings is 1. The standard InChI is InChI=1S/C10H12N2O/c13-7-3-6-12-8-9-4-1-2-5-10(9)11-12/h1-2,4-5,8,13H,3,6-7H2. The van der Waals surface area contributed by atoms with Crippen LogP contribution in [0, 0.1) is 0 Å². The van der Waals surface area contributed by atoms with Crippen molar-refractivity contribution in [3.63, 3.8) is 0 Å². The molecule has 1 aromatic carbocycles. The van der Waals surface area contributed by atoms with Crippen molar-refractivity contribution in [3.8, 4) is 0 Å². The van der Waals surface area contributed by atoms with Gasteiger partial charge in [-0.2, -0.15) is 5.10 Å². The third-order valence-electron chi connectivity index (χ3n) is 2.01. The zero-order valence-electron chi connectivity index (χ0n) is 7.35. The van der Waals surface area contributed by atoms with Crippen molar-refractivity contribution >= 4 is 10.9 Å². The fourth-order valence-corrected chi connectivity index (χ4v) is 1.36. The van der Waals surface area contributed by atoms with E-state index in [-0.39, 0.29) is 6.61 Å². The highest BCUT2D eigenvalue weighted by atomic mass is 16.3. The summed E-state index contributed by atoms with van der Waals surface area (Å²) in [5, 5.41) is 14.2. The summed E-state index contributed by atoms with van der Waals surface area (Å²) in [7, 11) is 0. The highest BCUT2D eigenvalue weighted by molar-refractivity contribution is 5.77. The summed E-state index contributed by atoms with van der Waals surface area (Å²) in [5.41, 5.74) is 1.01. The maximum atomic E-state index is 8.66. The summed E-state index contributed by atoms with van der Waals surface area (Å²) in [6.07, 6.45) is 2.76. The number of aromatic nitrogens is 2. The lowest BCUT2D eigenvalue weighted by Gasteiger charge is -1.95. The molecule has 0 spiro atoms. The van der Waals surface area contributed by atoms with Crippen LogP contribution in [0.2, 0.25) is 0 Å². The van der Waals surface area contributed by atoms with Gasteiger partial charge in [0.25, 0.3) is 0 Å². The first-order valence-corrected chi connectivity index (χ1v) is 4.43. The Hall–Kier alpha value is -1.35. The quantitative estimate of drug-likeness (QED) is 0.768. The molecule has 0 aliphatic heterocycles. The van der Waals surface area contributed by atoms with E-state index >= 15 is 0 Å². The van der Waals surface area contributed by atoms with Crippen LogP contribution in [0.5, 0.6) is 0 Å². The lowest BCUT2D eigenvalue weighted by molar-refractivity contribution is 0.277. The first-order valence-electron chi connectivity index (χ1n) is 4.43. The van der Waals surface area contributed by atoms with Gasteiger partial charge in [-0.15, -0.1) is 0 Å². The molecule has 0 fully saturated rings. The van der Waals surface area contributed by atoms with Gasteiger partial charge in [0.05, 0.1) is 5.52 Å². The Bertz CT molecular complexity index is 361. The first kappa shape index (κ1) is 8.26. The van der Waals surface area contributed by atoms with Gasteiger partial charge in [0.1, 0.15) is 0 Å². The normalized spacial score (nSPS) is 10.8. The van der Waals surface area contributed by atoms with Gasteiger partial charge in [0, 0.05) is 24.7 Å². The van der Waals surface area contributed by atoms with Gasteiger partial charge in [-0.25, -0.2) is 0 Å². The van der Waals surface area contributed by atoms with Crippen molar-refractivity contribution < 1.29 is 5.11 Å². The summed E-state index contributed by atoms with van der Waals surface area (Å²) < 4.78 is 1.88. The van der Waals surface area contributed by atoms with Crippen molar-refractivity contribution in [1.29, 1.82) is 0 Å². The van der Waals surface area contributed by atoms with Gasteiger partial charge < -0.3 is 5.11 Å². The van der Waals surface area contributed by atoms with Gasteiger partial charge >= 0.3 is 0 Å². The second kappa shape index (κ2) is 3.58. The third kappa shape index (κ3) is 1.70. The molecule has 0 amide bonds. The number of hydrogen-bond donors (Lipinski definition) is 1. The summed E-state index contributed by atoms with van der Waals surface area (Å²) in [6.45, 7) is 1.00. The molecule has 0 radical (unpaired) electrons. The Labute approximate surface area is 76.6 Å². The number of aliphatic hydroxyl groups is 1. The van der Waals surface area contributed by atoms with Crippen LogP contribution in [-0.4, -0.2) is 21.5 Å². The predicted molar refractivity (Wildman–Crippen MR) is 51.4 cm³/mol. The molecule has 1 N–H and O–H groups in total. The highest BCUT2D eigenvalue weighted by Crippen LogP contribution is 2.10. The van der Waals surface area contributed by atoms with Crippen LogP contribution in [0.15, 0.2) is 30.5 Å². The third-order valence-corrected chi connectivity index (χ3v) is 2.01. The lowest BCUT2D eigenvalue weighted by Crippen LogP contribution is -1.99. The summed E-state index contributed by atoms with van der Waals surface area (Å²) in [6, 6.07) is 8.01. The molecule has 3 nitrogen and oxygen atoms in total. The summed E-state index contributed by atoms with van der Waals surface area (Å²) >= 11 is 0. The summed E-state index contributed by atoms with van der Waals surface area (Å²) in [4.78, 5) is 0. The molecule has 2 aromatic rings. The largest absolute Gasteiger partial charge is 0.396 e. The Morgan fingerprint density at radius 2 is 2.15 bits per heavy atom. The topological polar surface area (TPSA) is 38.0 Å². The molecule has 0 unspecified atom stereocenters. The van der Waals surface area contributed by atoms with Crippen molar-refractivity contribution in [1.82, 2.24) is 9.78 Å². The van der Waals surface area contributed by atoms with E-state index in [0.717, 1.165) is 23.9 Å². The Kier molecular flexibility index (Phi) is 2.27. The molecule has 0 aliphatic rings. The molecule has 0 saturated heterocycles. The van der Waals surface area contributed by atoms with Crippen molar-refractivity contribution in [2.24, 2.45) is 0 Å². The van der Waals surface area contributed by atoms with E-state index in [4.69, 9.17) is 5.11 Å². The van der Waals surface area contributed by atoms with E-state index < -0.39 is 0 Å². The molecule has 13 heavy (non-hydrogen) atoms.